The van der Waals surface area contributed by atoms with Crippen LogP contribution in [0.25, 0.3) is 0 Å². The normalized spacial score (nSPS) is 10.3. The summed E-state index contributed by atoms with van der Waals surface area (Å²) in [6.45, 7) is 0. The molecule has 0 unspecified atom stereocenters. The van der Waals surface area contributed by atoms with Crippen LogP contribution in [0.4, 0.5) is 0 Å². The van der Waals surface area contributed by atoms with Crippen molar-refractivity contribution < 1.29 is 4.74 Å². The SMILES string of the molecule is ClCc1cnc(Oc2ccc(Br)cc2)s1. The van der Waals surface area contributed by atoms with Crippen LogP contribution in [0.1, 0.15) is 4.88 Å². The van der Waals surface area contributed by atoms with E-state index in [4.69, 9.17) is 16.3 Å². The van der Waals surface area contributed by atoms with Gasteiger partial charge in [0.1, 0.15) is 5.75 Å². The number of benzene rings is 1. The molecule has 0 radical (unpaired) electrons. The first-order valence-corrected chi connectivity index (χ1v) is 6.36. The van der Waals surface area contributed by atoms with E-state index in [0.717, 1.165) is 15.1 Å². The number of aromatic nitrogens is 1. The Bertz CT molecular complexity index is 443. The molecule has 2 aromatic rings. The molecule has 0 N–H and O–H groups in total. The second-order valence-corrected chi connectivity index (χ2v) is 5.04. The molecule has 0 spiro atoms. The van der Waals surface area contributed by atoms with E-state index in [1.165, 1.54) is 11.3 Å². The van der Waals surface area contributed by atoms with Gasteiger partial charge in [0.25, 0.3) is 5.19 Å². The smallest absolute Gasteiger partial charge is 0.278 e. The van der Waals surface area contributed by atoms with Crippen molar-refractivity contribution in [3.63, 3.8) is 0 Å². The van der Waals surface area contributed by atoms with Crippen LogP contribution < -0.4 is 4.74 Å². The van der Waals surface area contributed by atoms with Crippen LogP contribution in [0.5, 0.6) is 10.9 Å². The Hall–Kier alpha value is -0.580. The highest BCUT2D eigenvalue weighted by Gasteiger charge is 2.03. The largest absolute Gasteiger partial charge is 0.431 e. The van der Waals surface area contributed by atoms with Crippen molar-refractivity contribution in [1.29, 1.82) is 0 Å². The van der Waals surface area contributed by atoms with E-state index in [1.807, 2.05) is 24.3 Å². The molecular formula is C10H7BrClNOS. The zero-order valence-corrected chi connectivity index (χ0v) is 10.8. The van der Waals surface area contributed by atoms with Crippen molar-refractivity contribution in [1.82, 2.24) is 4.98 Å². The molecule has 0 saturated heterocycles. The lowest BCUT2D eigenvalue weighted by Gasteiger charge is -2.00. The minimum Gasteiger partial charge on any atom is -0.431 e. The lowest BCUT2D eigenvalue weighted by Crippen LogP contribution is -1.81. The predicted molar refractivity (Wildman–Crippen MR) is 65.9 cm³/mol. The highest BCUT2D eigenvalue weighted by molar-refractivity contribution is 9.10. The van der Waals surface area contributed by atoms with Gasteiger partial charge in [-0.3, -0.25) is 0 Å². The van der Waals surface area contributed by atoms with Gasteiger partial charge in [0.15, 0.2) is 0 Å². The summed E-state index contributed by atoms with van der Waals surface area (Å²) < 4.78 is 6.57. The maximum atomic E-state index is 5.67. The Balaban J connectivity index is 2.11. The molecule has 1 heterocycles. The summed E-state index contributed by atoms with van der Waals surface area (Å²) in [6.07, 6.45) is 1.73. The van der Waals surface area contributed by atoms with Gasteiger partial charge in [-0.1, -0.05) is 27.3 Å². The van der Waals surface area contributed by atoms with E-state index in [9.17, 15) is 0 Å². The van der Waals surface area contributed by atoms with Gasteiger partial charge in [-0.15, -0.1) is 11.6 Å². The summed E-state index contributed by atoms with van der Waals surface area (Å²) in [5.41, 5.74) is 0. The van der Waals surface area contributed by atoms with E-state index in [1.54, 1.807) is 6.20 Å². The number of rotatable bonds is 3. The molecule has 0 aliphatic rings. The van der Waals surface area contributed by atoms with Crippen molar-refractivity contribution in [2.24, 2.45) is 0 Å². The Kier molecular flexibility index (Phi) is 3.61. The maximum absolute atomic E-state index is 5.67. The molecule has 1 aromatic heterocycles. The van der Waals surface area contributed by atoms with Gasteiger partial charge in [-0.05, 0) is 24.3 Å². The predicted octanol–water partition coefficient (Wildman–Crippen LogP) is 4.44. The van der Waals surface area contributed by atoms with Gasteiger partial charge >= 0.3 is 0 Å². The first-order chi connectivity index (χ1) is 7.28. The fraction of sp³-hybridized carbons (Fsp3) is 0.100. The van der Waals surface area contributed by atoms with Crippen LogP contribution in [-0.4, -0.2) is 4.98 Å². The van der Waals surface area contributed by atoms with Gasteiger partial charge < -0.3 is 4.74 Å². The molecule has 2 rings (SSSR count). The van der Waals surface area contributed by atoms with Gasteiger partial charge in [0.05, 0.1) is 5.88 Å². The van der Waals surface area contributed by atoms with E-state index >= 15 is 0 Å². The molecule has 15 heavy (non-hydrogen) atoms. The Labute approximate surface area is 105 Å². The lowest BCUT2D eigenvalue weighted by atomic mass is 10.3. The number of hydrogen-bond acceptors (Lipinski definition) is 3. The number of alkyl halides is 1. The number of nitrogens with zero attached hydrogens (tertiary/aromatic N) is 1. The quantitative estimate of drug-likeness (QED) is 0.782. The average Bonchev–Trinajstić information content (AvgIpc) is 2.69. The minimum absolute atomic E-state index is 0.474. The van der Waals surface area contributed by atoms with Crippen molar-refractivity contribution in [3.05, 3.63) is 39.8 Å². The second-order valence-electron chi connectivity index (χ2n) is 2.78. The summed E-state index contributed by atoms with van der Waals surface area (Å²) in [5, 5.41) is 0.618. The van der Waals surface area contributed by atoms with Gasteiger partial charge in [-0.25, -0.2) is 4.98 Å². The van der Waals surface area contributed by atoms with Gasteiger partial charge in [0, 0.05) is 15.5 Å². The molecule has 2 nitrogen and oxygen atoms in total. The fourth-order valence-corrected chi connectivity index (χ4v) is 2.13. The molecule has 0 atom stereocenters. The van der Waals surface area contributed by atoms with Crippen LogP contribution in [0.15, 0.2) is 34.9 Å². The molecule has 0 bridgehead atoms. The molecule has 0 amide bonds. The number of ether oxygens (including phenoxy) is 1. The van der Waals surface area contributed by atoms with Crippen LogP contribution in [0.2, 0.25) is 0 Å². The third kappa shape index (κ3) is 2.93. The second kappa shape index (κ2) is 4.96. The van der Waals surface area contributed by atoms with Crippen LogP contribution in [-0.2, 0) is 5.88 Å². The Morgan fingerprint density at radius 1 is 1.33 bits per heavy atom. The molecular weight excluding hydrogens is 298 g/mol. The Morgan fingerprint density at radius 2 is 2.07 bits per heavy atom. The van der Waals surface area contributed by atoms with Crippen LogP contribution >= 0.6 is 38.9 Å². The summed E-state index contributed by atoms with van der Waals surface area (Å²) in [4.78, 5) is 5.11. The summed E-state index contributed by atoms with van der Waals surface area (Å²) in [6, 6.07) is 7.61. The van der Waals surface area contributed by atoms with E-state index in [0.29, 0.717) is 11.1 Å². The van der Waals surface area contributed by atoms with E-state index in [-0.39, 0.29) is 0 Å². The third-order valence-corrected chi connectivity index (χ3v) is 3.53. The number of halogens is 2. The van der Waals surface area contributed by atoms with E-state index in [2.05, 4.69) is 20.9 Å². The fourth-order valence-electron chi connectivity index (χ4n) is 1.00. The van der Waals surface area contributed by atoms with Crippen molar-refractivity contribution >= 4 is 38.9 Å². The number of hydrogen-bond donors (Lipinski definition) is 0. The number of thiazole rings is 1. The van der Waals surface area contributed by atoms with Gasteiger partial charge in [0.2, 0.25) is 0 Å². The molecule has 0 aliphatic heterocycles. The topological polar surface area (TPSA) is 22.1 Å². The lowest BCUT2D eigenvalue weighted by molar-refractivity contribution is 0.479. The third-order valence-electron chi connectivity index (χ3n) is 1.68. The molecule has 5 heteroatoms. The molecule has 78 valence electrons. The molecule has 1 aromatic carbocycles. The molecule has 0 saturated carbocycles. The van der Waals surface area contributed by atoms with Crippen molar-refractivity contribution in [2.45, 2.75) is 5.88 Å². The summed E-state index contributed by atoms with van der Waals surface area (Å²) in [5.74, 6) is 1.25. The average molecular weight is 305 g/mol. The van der Waals surface area contributed by atoms with Gasteiger partial charge in [-0.2, -0.15) is 0 Å². The van der Waals surface area contributed by atoms with Crippen LogP contribution in [0.3, 0.4) is 0 Å². The highest BCUT2D eigenvalue weighted by Crippen LogP contribution is 2.27. The first kappa shape index (κ1) is 10.9. The summed E-state index contributed by atoms with van der Waals surface area (Å²) >= 11 is 10.5. The van der Waals surface area contributed by atoms with Crippen molar-refractivity contribution in [2.75, 3.05) is 0 Å². The minimum atomic E-state index is 0.474. The molecule has 0 aliphatic carbocycles. The zero-order valence-electron chi connectivity index (χ0n) is 7.61. The van der Waals surface area contributed by atoms with Crippen LogP contribution in [0, 0.1) is 0 Å². The maximum Gasteiger partial charge on any atom is 0.278 e. The standard InChI is InChI=1S/C10H7BrClNOS/c11-7-1-3-8(4-2-7)14-10-13-6-9(5-12)15-10/h1-4,6H,5H2. The highest BCUT2D eigenvalue weighted by atomic mass is 79.9. The first-order valence-electron chi connectivity index (χ1n) is 4.22. The monoisotopic (exact) mass is 303 g/mol. The summed E-state index contributed by atoms with van der Waals surface area (Å²) in [7, 11) is 0. The Morgan fingerprint density at radius 3 is 2.67 bits per heavy atom. The van der Waals surface area contributed by atoms with Crippen molar-refractivity contribution in [3.8, 4) is 10.9 Å². The van der Waals surface area contributed by atoms with E-state index < -0.39 is 0 Å². The molecule has 0 fully saturated rings. The zero-order chi connectivity index (χ0) is 10.7.